The molecule has 0 spiro atoms. The van der Waals surface area contributed by atoms with Crippen molar-refractivity contribution in [1.29, 1.82) is 0 Å². The molecule has 0 saturated carbocycles. The van der Waals surface area contributed by atoms with E-state index < -0.39 is 11.5 Å². The fourth-order valence-corrected chi connectivity index (χ4v) is 2.08. The number of rotatable bonds is 3. The number of aliphatic carboxylic acids is 1. The van der Waals surface area contributed by atoms with E-state index in [1.807, 2.05) is 32.9 Å². The Kier molecular flexibility index (Phi) is 4.03. The molecule has 1 aromatic carbocycles. The molecule has 104 valence electrons. The van der Waals surface area contributed by atoms with Crippen LogP contribution < -0.4 is 0 Å². The summed E-state index contributed by atoms with van der Waals surface area (Å²) in [7, 11) is 1.52. The fourth-order valence-electron chi connectivity index (χ4n) is 2.08. The van der Waals surface area contributed by atoms with Crippen molar-refractivity contribution in [3.63, 3.8) is 0 Å². The van der Waals surface area contributed by atoms with Gasteiger partial charge in [-0.2, -0.15) is 0 Å². The molecule has 0 aliphatic carbocycles. The number of carboxylic acids is 1. The van der Waals surface area contributed by atoms with Gasteiger partial charge in [0.05, 0.1) is 0 Å². The monoisotopic (exact) mass is 263 g/mol. The number of carbonyl (C=O) groups is 2. The third-order valence-electron chi connectivity index (χ3n) is 3.56. The van der Waals surface area contributed by atoms with E-state index in [1.54, 1.807) is 0 Å². The van der Waals surface area contributed by atoms with E-state index in [4.69, 9.17) is 0 Å². The summed E-state index contributed by atoms with van der Waals surface area (Å²) in [6, 6.07) is 3.86. The molecule has 1 N–H and O–H groups in total. The lowest BCUT2D eigenvalue weighted by Crippen LogP contribution is -2.51. The molecule has 0 radical (unpaired) electrons. The molecule has 0 aliphatic heterocycles. The molecule has 0 aliphatic rings. The van der Waals surface area contributed by atoms with E-state index in [-0.39, 0.29) is 5.91 Å². The summed E-state index contributed by atoms with van der Waals surface area (Å²) in [5.41, 5.74) is 2.18. The van der Waals surface area contributed by atoms with Crippen molar-refractivity contribution in [3.05, 3.63) is 34.4 Å². The van der Waals surface area contributed by atoms with Crippen LogP contribution in [0.25, 0.3) is 0 Å². The van der Waals surface area contributed by atoms with Gasteiger partial charge in [0.2, 0.25) is 0 Å². The predicted molar refractivity (Wildman–Crippen MR) is 74.5 cm³/mol. The number of likely N-dealkylation sites (N-methyl/N-ethyl adjacent to an activating group) is 1. The standard InChI is InChI=1S/C15H21NO3/c1-9-7-10(2)12(11(3)8-9)13(17)16(6)15(4,5)14(18)19/h7-8H,1-6H3,(H,18,19). The first-order valence-corrected chi connectivity index (χ1v) is 6.18. The summed E-state index contributed by atoms with van der Waals surface area (Å²) in [6.07, 6.45) is 0. The molecule has 0 atom stereocenters. The van der Waals surface area contributed by atoms with Crippen molar-refractivity contribution in [2.45, 2.75) is 40.2 Å². The molecule has 0 unspecified atom stereocenters. The van der Waals surface area contributed by atoms with Crippen molar-refractivity contribution in [2.24, 2.45) is 0 Å². The molecule has 0 saturated heterocycles. The van der Waals surface area contributed by atoms with Crippen LogP contribution in [-0.2, 0) is 4.79 Å². The average Bonchev–Trinajstić information content (AvgIpc) is 2.25. The second kappa shape index (κ2) is 5.03. The summed E-state index contributed by atoms with van der Waals surface area (Å²) in [6.45, 7) is 8.75. The van der Waals surface area contributed by atoms with Gasteiger partial charge in [0.1, 0.15) is 5.54 Å². The van der Waals surface area contributed by atoms with Crippen molar-refractivity contribution in [1.82, 2.24) is 4.90 Å². The largest absolute Gasteiger partial charge is 0.480 e. The van der Waals surface area contributed by atoms with Crippen molar-refractivity contribution < 1.29 is 14.7 Å². The van der Waals surface area contributed by atoms with Crippen LogP contribution in [0.3, 0.4) is 0 Å². The van der Waals surface area contributed by atoms with Crippen LogP contribution in [0, 0.1) is 20.8 Å². The third kappa shape index (κ3) is 2.78. The van der Waals surface area contributed by atoms with E-state index in [1.165, 1.54) is 25.8 Å². The minimum Gasteiger partial charge on any atom is -0.480 e. The second-order valence-electron chi connectivity index (χ2n) is 5.50. The van der Waals surface area contributed by atoms with E-state index in [9.17, 15) is 14.7 Å². The fraction of sp³-hybridized carbons (Fsp3) is 0.467. The number of aryl methyl sites for hydroxylation is 3. The predicted octanol–water partition coefficient (Wildman–Crippen LogP) is 2.55. The molecular formula is C15H21NO3. The van der Waals surface area contributed by atoms with Crippen molar-refractivity contribution in [3.8, 4) is 0 Å². The maximum Gasteiger partial charge on any atom is 0.329 e. The number of hydrogen-bond acceptors (Lipinski definition) is 2. The zero-order chi connectivity index (χ0) is 15.0. The highest BCUT2D eigenvalue weighted by atomic mass is 16.4. The minimum absolute atomic E-state index is 0.262. The van der Waals surface area contributed by atoms with Gasteiger partial charge in [-0.1, -0.05) is 17.7 Å². The minimum atomic E-state index is -1.24. The Morgan fingerprint density at radius 3 is 1.89 bits per heavy atom. The van der Waals surface area contributed by atoms with Crippen molar-refractivity contribution in [2.75, 3.05) is 7.05 Å². The van der Waals surface area contributed by atoms with Gasteiger partial charge in [-0.05, 0) is 45.7 Å². The molecule has 4 heteroatoms. The van der Waals surface area contributed by atoms with Gasteiger partial charge < -0.3 is 10.0 Å². The zero-order valence-corrected chi connectivity index (χ0v) is 12.4. The lowest BCUT2D eigenvalue weighted by Gasteiger charge is -2.32. The summed E-state index contributed by atoms with van der Waals surface area (Å²) >= 11 is 0. The van der Waals surface area contributed by atoms with Gasteiger partial charge in [-0.25, -0.2) is 4.79 Å². The van der Waals surface area contributed by atoms with Crippen LogP contribution in [-0.4, -0.2) is 34.5 Å². The van der Waals surface area contributed by atoms with Crippen LogP contribution in [0.1, 0.15) is 40.9 Å². The SMILES string of the molecule is Cc1cc(C)c(C(=O)N(C)C(C)(C)C(=O)O)c(C)c1. The topological polar surface area (TPSA) is 57.6 Å². The number of carbonyl (C=O) groups excluding carboxylic acids is 1. The average molecular weight is 263 g/mol. The van der Waals surface area contributed by atoms with Crippen LogP contribution in [0.15, 0.2) is 12.1 Å². The number of benzene rings is 1. The highest BCUT2D eigenvalue weighted by molar-refractivity contribution is 5.99. The number of carboxylic acid groups (broad SMARTS) is 1. The Morgan fingerprint density at radius 1 is 1.11 bits per heavy atom. The van der Waals surface area contributed by atoms with E-state index in [2.05, 4.69) is 0 Å². The zero-order valence-electron chi connectivity index (χ0n) is 12.4. The maximum atomic E-state index is 12.5. The normalized spacial score (nSPS) is 11.3. The first-order valence-electron chi connectivity index (χ1n) is 6.18. The summed E-state index contributed by atoms with van der Waals surface area (Å²) in [5.74, 6) is -1.28. The quantitative estimate of drug-likeness (QED) is 0.911. The second-order valence-corrected chi connectivity index (χ2v) is 5.50. The Hall–Kier alpha value is -1.84. The number of nitrogens with zero attached hydrogens (tertiary/aromatic N) is 1. The molecule has 4 nitrogen and oxygen atoms in total. The highest BCUT2D eigenvalue weighted by Gasteiger charge is 2.36. The van der Waals surface area contributed by atoms with Gasteiger partial charge in [-0.15, -0.1) is 0 Å². The first kappa shape index (κ1) is 15.2. The van der Waals surface area contributed by atoms with E-state index in [0.717, 1.165) is 16.7 Å². The van der Waals surface area contributed by atoms with Gasteiger partial charge in [-0.3, -0.25) is 4.79 Å². The van der Waals surface area contributed by atoms with Crippen LogP contribution in [0.5, 0.6) is 0 Å². The molecule has 1 amide bonds. The third-order valence-corrected chi connectivity index (χ3v) is 3.56. The smallest absolute Gasteiger partial charge is 0.329 e. The Balaban J connectivity index is 3.26. The lowest BCUT2D eigenvalue weighted by molar-refractivity contribution is -0.147. The molecule has 0 heterocycles. The summed E-state index contributed by atoms with van der Waals surface area (Å²) in [4.78, 5) is 25.0. The van der Waals surface area contributed by atoms with Gasteiger partial charge >= 0.3 is 5.97 Å². The number of hydrogen-bond donors (Lipinski definition) is 1. The molecule has 1 aromatic rings. The van der Waals surface area contributed by atoms with Gasteiger partial charge in [0.25, 0.3) is 5.91 Å². The first-order chi connectivity index (χ1) is 8.59. The molecule has 0 aromatic heterocycles. The highest BCUT2D eigenvalue weighted by Crippen LogP contribution is 2.22. The molecule has 0 fully saturated rings. The van der Waals surface area contributed by atoms with Crippen LogP contribution >= 0.6 is 0 Å². The number of amides is 1. The maximum absolute atomic E-state index is 12.5. The Labute approximate surface area is 114 Å². The van der Waals surface area contributed by atoms with Gasteiger partial charge in [0, 0.05) is 12.6 Å². The van der Waals surface area contributed by atoms with Crippen LogP contribution in [0.2, 0.25) is 0 Å². The molecular weight excluding hydrogens is 242 g/mol. The van der Waals surface area contributed by atoms with Crippen LogP contribution in [0.4, 0.5) is 0 Å². The van der Waals surface area contributed by atoms with E-state index >= 15 is 0 Å². The Bertz CT molecular complexity index is 509. The molecule has 19 heavy (non-hydrogen) atoms. The summed E-state index contributed by atoms with van der Waals surface area (Å²) < 4.78 is 0. The molecule has 1 rings (SSSR count). The van der Waals surface area contributed by atoms with Crippen molar-refractivity contribution >= 4 is 11.9 Å². The summed E-state index contributed by atoms with van der Waals surface area (Å²) in [5, 5.41) is 9.20. The van der Waals surface area contributed by atoms with E-state index in [0.29, 0.717) is 5.56 Å². The lowest BCUT2D eigenvalue weighted by atomic mass is 9.96. The van der Waals surface area contributed by atoms with Gasteiger partial charge in [0.15, 0.2) is 0 Å². The molecule has 0 bridgehead atoms. The Morgan fingerprint density at radius 2 is 1.53 bits per heavy atom.